The van der Waals surface area contributed by atoms with Crippen LogP contribution >= 0.6 is 11.6 Å². The van der Waals surface area contributed by atoms with Crippen LogP contribution in [0.25, 0.3) is 5.69 Å². The topological polar surface area (TPSA) is 58.4 Å². The number of carbonyl (C=O) groups excluding carboxylic acids is 2. The Hall–Kier alpha value is -2.34. The molecular weight excluding hydrogens is 340 g/mol. The highest BCUT2D eigenvalue weighted by molar-refractivity contribution is 6.32. The molecule has 0 spiro atoms. The van der Waals surface area contributed by atoms with E-state index in [0.29, 0.717) is 36.9 Å². The normalized spacial score (nSPS) is 17.6. The fourth-order valence-corrected chi connectivity index (χ4v) is 3.31. The van der Waals surface area contributed by atoms with Crippen molar-refractivity contribution >= 4 is 23.4 Å². The third kappa shape index (κ3) is 3.26. The number of rotatable bonds is 3. The van der Waals surface area contributed by atoms with Crippen LogP contribution in [0.3, 0.4) is 0 Å². The molecule has 0 bridgehead atoms. The lowest BCUT2D eigenvalue weighted by atomic mass is 10.2. The summed E-state index contributed by atoms with van der Waals surface area (Å²) in [4.78, 5) is 28.4. The van der Waals surface area contributed by atoms with Gasteiger partial charge in [0.2, 0.25) is 5.91 Å². The van der Waals surface area contributed by atoms with Crippen molar-refractivity contribution in [3.63, 3.8) is 0 Å². The minimum Gasteiger partial charge on any atom is -0.339 e. The second kappa shape index (κ2) is 6.52. The first-order chi connectivity index (χ1) is 12.1. The summed E-state index contributed by atoms with van der Waals surface area (Å²) in [5.74, 6) is 0.369. The Balaban J connectivity index is 1.42. The quantitative estimate of drug-likeness (QED) is 0.845. The molecule has 0 atom stereocenters. The molecule has 0 radical (unpaired) electrons. The molecule has 1 aromatic carbocycles. The zero-order chi connectivity index (χ0) is 17.4. The fraction of sp³-hybridized carbons (Fsp3) is 0.389. The van der Waals surface area contributed by atoms with Gasteiger partial charge in [-0.3, -0.25) is 9.59 Å². The number of carbonyl (C=O) groups is 2. The van der Waals surface area contributed by atoms with Crippen LogP contribution in [-0.2, 0) is 4.79 Å². The summed E-state index contributed by atoms with van der Waals surface area (Å²) in [5.41, 5.74) is 1.13. The van der Waals surface area contributed by atoms with E-state index < -0.39 is 0 Å². The molecular formula is C18H19ClN4O2. The van der Waals surface area contributed by atoms with Crippen LogP contribution in [0.15, 0.2) is 36.5 Å². The zero-order valence-electron chi connectivity index (χ0n) is 13.8. The number of hydrogen-bond acceptors (Lipinski definition) is 3. The SMILES string of the molecule is O=C(c1ccn(-c2ccccc2Cl)n1)N1CCN(C(=O)C2CC2)CC1. The molecule has 1 aromatic heterocycles. The van der Waals surface area contributed by atoms with Gasteiger partial charge in [0.25, 0.3) is 5.91 Å². The molecule has 1 aliphatic carbocycles. The summed E-state index contributed by atoms with van der Waals surface area (Å²) in [6.45, 7) is 2.31. The van der Waals surface area contributed by atoms with Crippen LogP contribution < -0.4 is 0 Å². The summed E-state index contributed by atoms with van der Waals surface area (Å²) in [6.07, 6.45) is 3.76. The molecule has 0 unspecified atom stereocenters. The van der Waals surface area contributed by atoms with Gasteiger partial charge >= 0.3 is 0 Å². The van der Waals surface area contributed by atoms with Crippen molar-refractivity contribution in [3.05, 3.63) is 47.2 Å². The van der Waals surface area contributed by atoms with E-state index in [1.165, 1.54) is 0 Å². The molecule has 4 rings (SSSR count). The molecule has 1 saturated carbocycles. The van der Waals surface area contributed by atoms with E-state index in [1.54, 1.807) is 27.9 Å². The smallest absolute Gasteiger partial charge is 0.274 e. The highest BCUT2D eigenvalue weighted by atomic mass is 35.5. The highest BCUT2D eigenvalue weighted by Crippen LogP contribution is 2.31. The molecule has 2 aromatic rings. The lowest BCUT2D eigenvalue weighted by Crippen LogP contribution is -2.51. The zero-order valence-corrected chi connectivity index (χ0v) is 14.5. The van der Waals surface area contributed by atoms with Crippen molar-refractivity contribution in [1.29, 1.82) is 0 Å². The number of nitrogens with zero attached hydrogens (tertiary/aromatic N) is 4. The number of piperazine rings is 1. The first-order valence-electron chi connectivity index (χ1n) is 8.52. The van der Waals surface area contributed by atoms with Gasteiger partial charge < -0.3 is 9.80 Å². The van der Waals surface area contributed by atoms with E-state index in [1.807, 2.05) is 23.1 Å². The van der Waals surface area contributed by atoms with Crippen LogP contribution in [-0.4, -0.2) is 57.6 Å². The Bertz CT molecular complexity index is 807. The predicted octanol–water partition coefficient (Wildman–Crippen LogP) is 2.22. The van der Waals surface area contributed by atoms with Gasteiger partial charge in [0.15, 0.2) is 5.69 Å². The van der Waals surface area contributed by atoms with Gasteiger partial charge in [-0.2, -0.15) is 5.10 Å². The van der Waals surface area contributed by atoms with E-state index in [2.05, 4.69) is 5.10 Å². The minimum absolute atomic E-state index is 0.107. The molecule has 2 amide bonds. The van der Waals surface area contributed by atoms with Gasteiger partial charge in [-0.25, -0.2) is 4.68 Å². The summed E-state index contributed by atoms with van der Waals surface area (Å²) in [5, 5.41) is 4.95. The maximum absolute atomic E-state index is 12.7. The molecule has 2 aliphatic rings. The highest BCUT2D eigenvalue weighted by Gasteiger charge is 2.35. The van der Waals surface area contributed by atoms with E-state index >= 15 is 0 Å². The van der Waals surface area contributed by atoms with Gasteiger partial charge in [0, 0.05) is 38.3 Å². The molecule has 6 nitrogen and oxygen atoms in total. The fourth-order valence-electron chi connectivity index (χ4n) is 3.09. The first kappa shape index (κ1) is 16.1. The summed E-state index contributed by atoms with van der Waals surface area (Å²) in [6, 6.07) is 9.07. The van der Waals surface area contributed by atoms with Gasteiger partial charge in [-0.1, -0.05) is 23.7 Å². The molecule has 25 heavy (non-hydrogen) atoms. The first-order valence-corrected chi connectivity index (χ1v) is 8.90. The largest absolute Gasteiger partial charge is 0.339 e. The Morgan fingerprint density at radius 2 is 1.68 bits per heavy atom. The molecule has 130 valence electrons. The Kier molecular flexibility index (Phi) is 4.21. The average molecular weight is 359 g/mol. The van der Waals surface area contributed by atoms with Crippen molar-refractivity contribution in [2.24, 2.45) is 5.92 Å². The lowest BCUT2D eigenvalue weighted by Gasteiger charge is -2.34. The number of para-hydroxylation sites is 1. The van der Waals surface area contributed by atoms with E-state index in [9.17, 15) is 9.59 Å². The van der Waals surface area contributed by atoms with E-state index in [0.717, 1.165) is 18.5 Å². The van der Waals surface area contributed by atoms with Gasteiger partial charge in [-0.05, 0) is 31.0 Å². The van der Waals surface area contributed by atoms with Crippen molar-refractivity contribution < 1.29 is 9.59 Å². The van der Waals surface area contributed by atoms with Crippen molar-refractivity contribution in [2.45, 2.75) is 12.8 Å². The molecule has 0 N–H and O–H groups in total. The maximum Gasteiger partial charge on any atom is 0.274 e. The van der Waals surface area contributed by atoms with Crippen LogP contribution in [0.2, 0.25) is 5.02 Å². The number of benzene rings is 1. The van der Waals surface area contributed by atoms with Crippen LogP contribution in [0.5, 0.6) is 0 Å². The van der Waals surface area contributed by atoms with Crippen molar-refractivity contribution in [2.75, 3.05) is 26.2 Å². The van der Waals surface area contributed by atoms with Crippen molar-refractivity contribution in [3.8, 4) is 5.69 Å². The summed E-state index contributed by atoms with van der Waals surface area (Å²) >= 11 is 6.18. The van der Waals surface area contributed by atoms with Crippen LogP contribution in [0.1, 0.15) is 23.3 Å². The number of aromatic nitrogens is 2. The Morgan fingerprint density at radius 1 is 1.00 bits per heavy atom. The molecule has 2 fully saturated rings. The van der Waals surface area contributed by atoms with Gasteiger partial charge in [0.1, 0.15) is 0 Å². The number of halogens is 1. The third-order valence-corrected chi connectivity index (χ3v) is 5.03. The predicted molar refractivity (Wildman–Crippen MR) is 93.8 cm³/mol. The monoisotopic (exact) mass is 358 g/mol. The van der Waals surface area contributed by atoms with Gasteiger partial charge in [-0.15, -0.1) is 0 Å². The molecule has 7 heteroatoms. The summed E-state index contributed by atoms with van der Waals surface area (Å²) < 4.78 is 1.61. The molecule has 1 aliphatic heterocycles. The van der Waals surface area contributed by atoms with Crippen LogP contribution in [0, 0.1) is 5.92 Å². The molecule has 2 heterocycles. The number of hydrogen-bond donors (Lipinski definition) is 0. The standard InChI is InChI=1S/C18H19ClN4O2/c19-14-3-1-2-4-16(14)23-8-7-15(20-23)18(25)22-11-9-21(10-12-22)17(24)13-5-6-13/h1-4,7-8,13H,5-6,9-12H2. The summed E-state index contributed by atoms with van der Waals surface area (Å²) in [7, 11) is 0. The lowest BCUT2D eigenvalue weighted by molar-refractivity contribution is -0.134. The van der Waals surface area contributed by atoms with Gasteiger partial charge in [0.05, 0.1) is 10.7 Å². The Morgan fingerprint density at radius 3 is 2.36 bits per heavy atom. The second-order valence-corrected chi connectivity index (χ2v) is 6.90. The van der Waals surface area contributed by atoms with Crippen LogP contribution in [0.4, 0.5) is 0 Å². The van der Waals surface area contributed by atoms with E-state index in [4.69, 9.17) is 11.6 Å². The molecule has 1 saturated heterocycles. The minimum atomic E-state index is -0.107. The average Bonchev–Trinajstić information content (AvgIpc) is 3.38. The van der Waals surface area contributed by atoms with E-state index in [-0.39, 0.29) is 17.7 Å². The second-order valence-electron chi connectivity index (χ2n) is 6.49. The maximum atomic E-state index is 12.7. The Labute approximate surface area is 151 Å². The van der Waals surface area contributed by atoms with Crippen molar-refractivity contribution in [1.82, 2.24) is 19.6 Å². The third-order valence-electron chi connectivity index (χ3n) is 4.71. The number of amides is 2.